The Hall–Kier alpha value is -2.50. The van der Waals surface area contributed by atoms with Crippen LogP contribution < -0.4 is 4.72 Å². The zero-order valence-electron chi connectivity index (χ0n) is 25.1. The van der Waals surface area contributed by atoms with Crippen molar-refractivity contribution < 1.29 is 13.2 Å². The van der Waals surface area contributed by atoms with Gasteiger partial charge in [0.1, 0.15) is 5.82 Å². The average Bonchev–Trinajstić information content (AvgIpc) is 3.24. The van der Waals surface area contributed by atoms with Crippen molar-refractivity contribution in [1.29, 1.82) is 0 Å². The number of hydrogen-bond donors (Lipinski definition) is 1. The summed E-state index contributed by atoms with van der Waals surface area (Å²) in [6.07, 6.45) is 1.75. The van der Waals surface area contributed by atoms with Crippen LogP contribution in [0.15, 0.2) is 30.3 Å². The lowest BCUT2D eigenvalue weighted by atomic mass is 10.1. The van der Waals surface area contributed by atoms with Crippen LogP contribution in [-0.4, -0.2) is 88.4 Å². The van der Waals surface area contributed by atoms with E-state index in [0.29, 0.717) is 30.9 Å². The molecule has 1 aromatic heterocycles. The SMILES string of the molecule is CCN(CC)CCCS(=O)(=O)N[C@H](CCc1ccccc1)c1nc(CN(C)C(=O)N(C(C)C)C(C)C)n(C)n1. The molecule has 0 radical (unpaired) electrons. The number of carbonyl (C=O) groups is 1. The highest BCUT2D eigenvalue weighted by molar-refractivity contribution is 7.89. The summed E-state index contributed by atoms with van der Waals surface area (Å²) in [5.74, 6) is 1.06. The first-order chi connectivity index (χ1) is 18.4. The van der Waals surface area contributed by atoms with E-state index >= 15 is 0 Å². The molecule has 2 rings (SSSR count). The smallest absolute Gasteiger partial charge is 0.320 e. The van der Waals surface area contributed by atoms with Gasteiger partial charge in [0, 0.05) is 26.2 Å². The molecule has 0 aliphatic heterocycles. The molecule has 11 heteroatoms. The van der Waals surface area contributed by atoms with Crippen molar-refractivity contribution in [3.05, 3.63) is 47.5 Å². The maximum absolute atomic E-state index is 13.1. The van der Waals surface area contributed by atoms with Crippen molar-refractivity contribution in [2.75, 3.05) is 32.4 Å². The van der Waals surface area contributed by atoms with Crippen LogP contribution in [0, 0.1) is 0 Å². The Labute approximate surface area is 235 Å². The number of aryl methyl sites for hydroxylation is 2. The number of carbonyl (C=O) groups excluding carboxylic acids is 1. The van der Waals surface area contributed by atoms with E-state index < -0.39 is 16.1 Å². The minimum absolute atomic E-state index is 0.0442. The fourth-order valence-electron chi connectivity index (χ4n) is 4.73. The Bertz CT molecular complexity index is 1110. The van der Waals surface area contributed by atoms with E-state index in [0.717, 1.165) is 25.2 Å². The zero-order valence-corrected chi connectivity index (χ0v) is 25.9. The van der Waals surface area contributed by atoms with Gasteiger partial charge >= 0.3 is 6.03 Å². The van der Waals surface area contributed by atoms with Gasteiger partial charge < -0.3 is 14.7 Å². The second-order valence-electron chi connectivity index (χ2n) is 10.6. The fourth-order valence-corrected chi connectivity index (χ4v) is 6.01. The predicted octanol–water partition coefficient (Wildman–Crippen LogP) is 3.81. The van der Waals surface area contributed by atoms with Crippen LogP contribution in [0.3, 0.4) is 0 Å². The molecule has 0 unspecified atom stereocenters. The van der Waals surface area contributed by atoms with E-state index in [1.54, 1.807) is 23.7 Å². The number of nitrogens with zero attached hydrogens (tertiary/aromatic N) is 6. The summed E-state index contributed by atoms with van der Waals surface area (Å²) in [6, 6.07) is 9.44. The van der Waals surface area contributed by atoms with Crippen LogP contribution in [-0.2, 0) is 30.0 Å². The molecule has 1 heterocycles. The quantitative estimate of drug-likeness (QED) is 0.333. The Morgan fingerprint density at radius 3 is 2.23 bits per heavy atom. The molecule has 0 aliphatic rings. The molecule has 0 spiro atoms. The van der Waals surface area contributed by atoms with Gasteiger partial charge in [-0.2, -0.15) is 5.10 Å². The highest BCUT2D eigenvalue weighted by Crippen LogP contribution is 2.20. The number of nitrogens with one attached hydrogen (secondary N) is 1. The fraction of sp³-hybridized carbons (Fsp3) is 0.679. The number of rotatable bonds is 16. The molecule has 39 heavy (non-hydrogen) atoms. The molecule has 0 saturated heterocycles. The molecule has 2 amide bonds. The number of aromatic nitrogens is 3. The molecule has 0 saturated carbocycles. The summed E-state index contributed by atoms with van der Waals surface area (Å²) in [5, 5.41) is 4.59. The first-order valence-corrected chi connectivity index (χ1v) is 15.7. The van der Waals surface area contributed by atoms with E-state index in [-0.39, 0.29) is 30.4 Å². The van der Waals surface area contributed by atoms with Crippen molar-refractivity contribution >= 4 is 16.1 Å². The Balaban J connectivity index is 2.22. The maximum atomic E-state index is 13.1. The van der Waals surface area contributed by atoms with Crippen LogP contribution in [0.4, 0.5) is 4.79 Å². The number of sulfonamides is 1. The van der Waals surface area contributed by atoms with E-state index in [1.165, 1.54) is 0 Å². The van der Waals surface area contributed by atoms with Crippen molar-refractivity contribution in [1.82, 2.24) is 34.2 Å². The first-order valence-electron chi connectivity index (χ1n) is 14.1. The van der Waals surface area contributed by atoms with E-state index in [2.05, 4.69) is 28.6 Å². The molecule has 220 valence electrons. The van der Waals surface area contributed by atoms with Gasteiger partial charge in [0.15, 0.2) is 5.82 Å². The Kier molecular flexibility index (Phi) is 12.9. The van der Waals surface area contributed by atoms with Crippen molar-refractivity contribution in [3.8, 4) is 0 Å². The van der Waals surface area contributed by atoms with E-state index in [4.69, 9.17) is 4.98 Å². The molecular weight excluding hydrogens is 514 g/mol. The third kappa shape index (κ3) is 10.2. The van der Waals surface area contributed by atoms with Gasteiger partial charge in [0.2, 0.25) is 10.0 Å². The van der Waals surface area contributed by atoms with Gasteiger partial charge in [-0.15, -0.1) is 0 Å². The molecule has 0 fully saturated rings. The van der Waals surface area contributed by atoms with Crippen LogP contribution in [0.5, 0.6) is 0 Å². The predicted molar refractivity (Wildman–Crippen MR) is 157 cm³/mol. The van der Waals surface area contributed by atoms with Gasteiger partial charge in [-0.25, -0.2) is 22.9 Å². The van der Waals surface area contributed by atoms with Crippen LogP contribution >= 0.6 is 0 Å². The second-order valence-corrected chi connectivity index (χ2v) is 12.5. The largest absolute Gasteiger partial charge is 0.320 e. The standard InChI is InChI=1S/C28H49N7O3S/c1-9-34(10-2)19-14-20-39(37,38)31-25(18-17-24-15-12-11-13-16-24)27-29-26(33(8)30-27)21-32(7)28(36)35(22(3)4)23(5)6/h11-13,15-16,22-23,25,31H,9-10,14,17-21H2,1-8H3/t25-/m1/s1. The van der Waals surface area contributed by atoms with Gasteiger partial charge in [0.25, 0.3) is 0 Å². The zero-order chi connectivity index (χ0) is 29.2. The number of hydrogen-bond acceptors (Lipinski definition) is 6. The van der Waals surface area contributed by atoms with Crippen LogP contribution in [0.25, 0.3) is 0 Å². The molecule has 1 atom stereocenters. The minimum atomic E-state index is -3.55. The molecule has 0 aliphatic carbocycles. The summed E-state index contributed by atoms with van der Waals surface area (Å²) < 4.78 is 30.7. The Morgan fingerprint density at radius 1 is 1.05 bits per heavy atom. The van der Waals surface area contributed by atoms with Crippen molar-refractivity contribution in [2.24, 2.45) is 7.05 Å². The van der Waals surface area contributed by atoms with Gasteiger partial charge in [0.05, 0.1) is 18.3 Å². The monoisotopic (exact) mass is 563 g/mol. The molecule has 1 N–H and O–H groups in total. The summed E-state index contributed by atoms with van der Waals surface area (Å²) in [6.45, 7) is 14.9. The second kappa shape index (κ2) is 15.3. The van der Waals surface area contributed by atoms with Crippen molar-refractivity contribution in [3.63, 3.8) is 0 Å². The van der Waals surface area contributed by atoms with E-state index in [9.17, 15) is 13.2 Å². The third-order valence-corrected chi connectivity index (χ3v) is 8.36. The first kappa shape index (κ1) is 32.7. The highest BCUT2D eigenvalue weighted by Gasteiger charge is 2.27. The molecule has 0 bridgehead atoms. The van der Waals surface area contributed by atoms with Gasteiger partial charge in [-0.1, -0.05) is 44.2 Å². The summed E-state index contributed by atoms with van der Waals surface area (Å²) in [7, 11) is -0.0256. The van der Waals surface area contributed by atoms with Crippen LogP contribution in [0.2, 0.25) is 0 Å². The minimum Gasteiger partial charge on any atom is -0.320 e. The summed E-state index contributed by atoms with van der Waals surface area (Å²) >= 11 is 0. The van der Waals surface area contributed by atoms with Gasteiger partial charge in [-0.05, 0) is 72.2 Å². The summed E-state index contributed by atoms with van der Waals surface area (Å²) in [4.78, 5) is 23.5. The lowest BCUT2D eigenvalue weighted by Crippen LogP contribution is -2.48. The molecule has 1 aromatic carbocycles. The van der Waals surface area contributed by atoms with Crippen LogP contribution in [0.1, 0.15) is 77.6 Å². The van der Waals surface area contributed by atoms with Crippen molar-refractivity contribution in [2.45, 2.75) is 85.5 Å². The lowest BCUT2D eigenvalue weighted by Gasteiger charge is -2.34. The number of urea groups is 1. The molecule has 2 aromatic rings. The maximum Gasteiger partial charge on any atom is 0.320 e. The average molecular weight is 564 g/mol. The number of benzene rings is 1. The Morgan fingerprint density at radius 2 is 1.67 bits per heavy atom. The third-order valence-electron chi connectivity index (χ3n) is 6.89. The molecular formula is C28H49N7O3S. The number of amides is 2. The normalized spacial score (nSPS) is 12.9. The highest BCUT2D eigenvalue weighted by atomic mass is 32.2. The van der Waals surface area contributed by atoms with Gasteiger partial charge in [-0.3, -0.25) is 4.68 Å². The molecule has 10 nitrogen and oxygen atoms in total. The lowest BCUT2D eigenvalue weighted by molar-refractivity contribution is 0.130. The van der Waals surface area contributed by atoms with E-state index in [1.807, 2.05) is 62.9 Å². The topological polar surface area (TPSA) is 104 Å². The summed E-state index contributed by atoms with van der Waals surface area (Å²) in [5.41, 5.74) is 1.12.